The minimum Gasteiger partial charge on any atom is -0.365 e. The molecule has 0 atom stereocenters. The fraction of sp³-hybridized carbons (Fsp3) is 0.733. The van der Waals surface area contributed by atoms with Gasteiger partial charge in [0.2, 0.25) is 0 Å². The van der Waals surface area contributed by atoms with Gasteiger partial charge in [0.15, 0.2) is 5.82 Å². The first-order valence-electron chi connectivity index (χ1n) is 7.19. The lowest BCUT2D eigenvalue weighted by Crippen LogP contribution is -2.36. The summed E-state index contributed by atoms with van der Waals surface area (Å²) in [5.41, 5.74) is 5.32. The highest BCUT2D eigenvalue weighted by atomic mass is 16.1. The average Bonchev–Trinajstić information content (AvgIpc) is 2.34. The van der Waals surface area contributed by atoms with E-state index in [0.29, 0.717) is 18.9 Å². The molecule has 0 aliphatic carbocycles. The van der Waals surface area contributed by atoms with Crippen LogP contribution in [0.4, 0.5) is 5.82 Å². The summed E-state index contributed by atoms with van der Waals surface area (Å²) in [6.45, 7) is 11.8. The number of anilines is 1. The number of rotatable bonds is 6. The van der Waals surface area contributed by atoms with Crippen molar-refractivity contribution in [1.29, 1.82) is 0 Å². The Morgan fingerprint density at radius 2 is 1.95 bits per heavy atom. The Bertz CT molecular complexity index is 485. The van der Waals surface area contributed by atoms with E-state index in [4.69, 9.17) is 5.73 Å². The summed E-state index contributed by atoms with van der Waals surface area (Å²) >= 11 is 0. The first-order valence-corrected chi connectivity index (χ1v) is 7.19. The molecule has 0 saturated carbocycles. The van der Waals surface area contributed by atoms with Crippen LogP contribution in [0.1, 0.15) is 47.5 Å². The topological polar surface area (TPSA) is 72.9 Å². The molecule has 5 nitrogen and oxygen atoms in total. The van der Waals surface area contributed by atoms with Crippen LogP contribution in [0.3, 0.4) is 0 Å². The smallest absolute Gasteiger partial charge is 0.293 e. The lowest BCUT2D eigenvalue weighted by atomic mass is 9.88. The predicted molar refractivity (Wildman–Crippen MR) is 84.1 cm³/mol. The Morgan fingerprint density at radius 1 is 1.30 bits per heavy atom. The van der Waals surface area contributed by atoms with Crippen molar-refractivity contribution in [2.24, 2.45) is 11.1 Å². The van der Waals surface area contributed by atoms with E-state index in [9.17, 15) is 4.79 Å². The van der Waals surface area contributed by atoms with Crippen molar-refractivity contribution in [3.8, 4) is 0 Å². The molecule has 0 fully saturated rings. The van der Waals surface area contributed by atoms with Gasteiger partial charge in [0.05, 0.1) is 0 Å². The van der Waals surface area contributed by atoms with Gasteiger partial charge in [-0.25, -0.2) is 4.98 Å². The molecule has 1 aromatic heterocycles. The third kappa shape index (κ3) is 4.63. The minimum atomic E-state index is -0.245. The molecule has 1 aromatic rings. The van der Waals surface area contributed by atoms with Crippen LogP contribution < -0.4 is 16.6 Å². The molecule has 114 valence electrons. The van der Waals surface area contributed by atoms with Gasteiger partial charge in [0.1, 0.15) is 0 Å². The summed E-state index contributed by atoms with van der Waals surface area (Å²) in [6.07, 6.45) is 5.41. The van der Waals surface area contributed by atoms with E-state index < -0.39 is 0 Å². The number of hydrogen-bond donors (Lipinski definition) is 2. The zero-order chi connectivity index (χ0) is 15.4. The lowest BCUT2D eigenvalue weighted by Gasteiger charge is -2.26. The first kappa shape index (κ1) is 16.7. The van der Waals surface area contributed by atoms with Crippen molar-refractivity contribution in [3.05, 3.63) is 22.7 Å². The molecule has 5 heteroatoms. The SMILES string of the molecule is CC(C)(CCCN)CNc1nccn(C(C)(C)C)c1=O. The van der Waals surface area contributed by atoms with Crippen molar-refractivity contribution in [2.45, 2.75) is 53.0 Å². The van der Waals surface area contributed by atoms with E-state index in [1.165, 1.54) is 0 Å². The maximum Gasteiger partial charge on any atom is 0.293 e. The second-order valence-electron chi connectivity index (χ2n) is 7.03. The van der Waals surface area contributed by atoms with E-state index in [0.717, 1.165) is 12.8 Å². The minimum absolute atomic E-state index is 0.0744. The van der Waals surface area contributed by atoms with Crippen molar-refractivity contribution in [1.82, 2.24) is 9.55 Å². The Balaban J connectivity index is 2.82. The van der Waals surface area contributed by atoms with Gasteiger partial charge in [0.25, 0.3) is 5.56 Å². The Morgan fingerprint density at radius 3 is 2.50 bits per heavy atom. The summed E-state index contributed by atoms with van der Waals surface area (Å²) < 4.78 is 1.70. The number of nitrogens with zero attached hydrogens (tertiary/aromatic N) is 2. The van der Waals surface area contributed by atoms with Gasteiger partial charge in [-0.1, -0.05) is 13.8 Å². The molecule has 0 unspecified atom stereocenters. The summed E-state index contributed by atoms with van der Waals surface area (Å²) in [5, 5.41) is 3.19. The fourth-order valence-corrected chi connectivity index (χ4v) is 2.05. The van der Waals surface area contributed by atoms with E-state index in [2.05, 4.69) is 24.1 Å². The summed E-state index contributed by atoms with van der Waals surface area (Å²) in [4.78, 5) is 16.5. The number of hydrogen-bond acceptors (Lipinski definition) is 4. The third-order valence-corrected chi connectivity index (χ3v) is 3.36. The van der Waals surface area contributed by atoms with Crippen LogP contribution >= 0.6 is 0 Å². The zero-order valence-corrected chi connectivity index (χ0v) is 13.4. The molecular weight excluding hydrogens is 252 g/mol. The number of nitrogens with one attached hydrogen (secondary N) is 1. The Kier molecular flexibility index (Phi) is 5.34. The molecule has 3 N–H and O–H groups in total. The highest BCUT2D eigenvalue weighted by Gasteiger charge is 2.20. The van der Waals surface area contributed by atoms with Gasteiger partial charge in [-0.15, -0.1) is 0 Å². The second-order valence-corrected chi connectivity index (χ2v) is 7.03. The number of nitrogens with two attached hydrogens (primary N) is 1. The average molecular weight is 280 g/mol. The Labute approximate surface area is 121 Å². The van der Waals surface area contributed by atoms with E-state index in [-0.39, 0.29) is 16.5 Å². The molecule has 20 heavy (non-hydrogen) atoms. The van der Waals surface area contributed by atoms with E-state index in [1.807, 2.05) is 20.8 Å². The largest absolute Gasteiger partial charge is 0.365 e. The highest BCUT2D eigenvalue weighted by Crippen LogP contribution is 2.22. The number of aromatic nitrogens is 2. The molecule has 0 spiro atoms. The lowest BCUT2D eigenvalue weighted by molar-refractivity contribution is 0.348. The Hall–Kier alpha value is -1.36. The normalized spacial score (nSPS) is 12.5. The summed E-state index contributed by atoms with van der Waals surface area (Å²) in [7, 11) is 0. The molecule has 0 bridgehead atoms. The first-order chi connectivity index (χ1) is 9.17. The van der Waals surface area contributed by atoms with Crippen LogP contribution in [0.25, 0.3) is 0 Å². The molecule has 0 amide bonds. The van der Waals surface area contributed by atoms with Gasteiger partial charge >= 0.3 is 0 Å². The van der Waals surface area contributed by atoms with Crippen LogP contribution in [0, 0.1) is 5.41 Å². The molecule has 1 rings (SSSR count). The van der Waals surface area contributed by atoms with Gasteiger partial charge in [-0.2, -0.15) is 0 Å². The standard InChI is InChI=1S/C15H28N4O/c1-14(2,3)19-10-9-17-12(13(19)20)18-11-15(4,5)7-6-8-16/h9-10H,6-8,11,16H2,1-5H3,(H,17,18). The maximum absolute atomic E-state index is 12.4. The molecule has 0 aliphatic heterocycles. The van der Waals surface area contributed by atoms with Crippen molar-refractivity contribution in [2.75, 3.05) is 18.4 Å². The van der Waals surface area contributed by atoms with Crippen molar-refractivity contribution < 1.29 is 0 Å². The monoisotopic (exact) mass is 280 g/mol. The van der Waals surface area contributed by atoms with E-state index in [1.54, 1.807) is 17.0 Å². The van der Waals surface area contributed by atoms with Crippen LogP contribution in [0.5, 0.6) is 0 Å². The van der Waals surface area contributed by atoms with Crippen LogP contribution in [0.15, 0.2) is 17.2 Å². The highest BCUT2D eigenvalue weighted by molar-refractivity contribution is 5.31. The van der Waals surface area contributed by atoms with Gasteiger partial charge in [0, 0.05) is 24.5 Å². The quantitative estimate of drug-likeness (QED) is 0.837. The van der Waals surface area contributed by atoms with Gasteiger partial charge in [-0.3, -0.25) is 4.79 Å². The molecule has 1 heterocycles. The molecule has 0 saturated heterocycles. The van der Waals surface area contributed by atoms with Gasteiger partial charge in [-0.05, 0) is 45.6 Å². The van der Waals surface area contributed by atoms with Crippen molar-refractivity contribution >= 4 is 5.82 Å². The van der Waals surface area contributed by atoms with Crippen LogP contribution in [-0.2, 0) is 5.54 Å². The second kappa shape index (κ2) is 6.39. The predicted octanol–water partition coefficient (Wildman–Crippen LogP) is 2.18. The molecule has 0 aromatic carbocycles. The van der Waals surface area contributed by atoms with Crippen LogP contribution in [0.2, 0.25) is 0 Å². The molecule has 0 radical (unpaired) electrons. The fourth-order valence-electron chi connectivity index (χ4n) is 2.05. The third-order valence-electron chi connectivity index (χ3n) is 3.36. The summed E-state index contributed by atoms with van der Waals surface area (Å²) in [5.74, 6) is 0.420. The summed E-state index contributed by atoms with van der Waals surface area (Å²) in [6, 6.07) is 0. The zero-order valence-electron chi connectivity index (χ0n) is 13.4. The maximum atomic E-state index is 12.4. The van der Waals surface area contributed by atoms with Crippen molar-refractivity contribution in [3.63, 3.8) is 0 Å². The van der Waals surface area contributed by atoms with Gasteiger partial charge < -0.3 is 15.6 Å². The van der Waals surface area contributed by atoms with Crippen LogP contribution in [-0.4, -0.2) is 22.6 Å². The van der Waals surface area contributed by atoms with E-state index >= 15 is 0 Å². The molecule has 0 aliphatic rings. The molecular formula is C15H28N4O.